The minimum Gasteiger partial charge on any atom is -0.507 e. The number of ether oxygens (including phenoxy) is 2. The normalized spacial score (nSPS) is 10.8. The van der Waals surface area contributed by atoms with Crippen LogP contribution in [0.2, 0.25) is 5.02 Å². The van der Waals surface area contributed by atoms with Gasteiger partial charge in [-0.15, -0.1) is 0 Å². The fraction of sp³-hybridized carbons (Fsp3) is 0.0909. The van der Waals surface area contributed by atoms with Crippen molar-refractivity contribution in [2.45, 2.75) is 6.61 Å². The molecule has 6 nitrogen and oxygen atoms in total. The molecule has 1 amide bonds. The maximum Gasteiger partial charge on any atom is 0.275 e. The molecule has 0 heterocycles. The number of phenolic OH excluding ortho intramolecular Hbond substituents is 1. The van der Waals surface area contributed by atoms with E-state index in [-0.39, 0.29) is 17.9 Å². The number of rotatable bonds is 7. The van der Waals surface area contributed by atoms with Gasteiger partial charge in [0.1, 0.15) is 12.4 Å². The number of methoxy groups -OCH3 is 1. The van der Waals surface area contributed by atoms with Crippen LogP contribution in [0.25, 0.3) is 0 Å². The van der Waals surface area contributed by atoms with Crippen molar-refractivity contribution < 1.29 is 19.4 Å². The first kappa shape index (κ1) is 23.4. The Labute approximate surface area is 206 Å². The van der Waals surface area contributed by atoms with E-state index in [0.29, 0.717) is 26.6 Å². The van der Waals surface area contributed by atoms with Crippen LogP contribution in [0.4, 0.5) is 0 Å². The molecule has 0 aliphatic rings. The zero-order valence-corrected chi connectivity index (χ0v) is 20.7. The van der Waals surface area contributed by atoms with Gasteiger partial charge in [0.25, 0.3) is 5.91 Å². The van der Waals surface area contributed by atoms with E-state index in [1.54, 1.807) is 30.3 Å². The molecule has 0 bridgehead atoms. The lowest BCUT2D eigenvalue weighted by molar-refractivity contribution is 0.0952. The minimum atomic E-state index is -0.516. The predicted octanol–water partition coefficient (Wildman–Crippen LogP) is 5.76. The van der Waals surface area contributed by atoms with Crippen LogP contribution in [0.3, 0.4) is 0 Å². The number of hydrogen-bond donors (Lipinski definition) is 2. The summed E-state index contributed by atoms with van der Waals surface area (Å²) >= 11 is 11.7. The number of hydrazone groups is 1. The lowest BCUT2D eigenvalue weighted by Crippen LogP contribution is -2.17. The summed E-state index contributed by atoms with van der Waals surface area (Å²) in [5.74, 6) is 0.382. The molecule has 0 saturated heterocycles. The number of halogens is 3. The Morgan fingerprint density at radius 1 is 1.26 bits per heavy atom. The Balaban J connectivity index is 1.72. The van der Waals surface area contributed by atoms with Crippen LogP contribution in [0, 0.1) is 3.57 Å². The fourth-order valence-corrected chi connectivity index (χ4v) is 3.89. The van der Waals surface area contributed by atoms with Gasteiger partial charge >= 0.3 is 0 Å². The third-order valence-electron chi connectivity index (χ3n) is 4.16. The van der Waals surface area contributed by atoms with Crippen LogP contribution in [-0.2, 0) is 6.61 Å². The molecule has 0 radical (unpaired) electrons. The summed E-state index contributed by atoms with van der Waals surface area (Å²) in [5, 5.41) is 14.4. The quantitative estimate of drug-likeness (QED) is 0.201. The molecule has 0 aliphatic carbocycles. The SMILES string of the molecule is COc1cc(C=NNC(=O)c2cc(I)ccc2O)cc(Br)c1OCc1ccccc1Cl. The number of aromatic hydroxyl groups is 1. The van der Waals surface area contributed by atoms with Crippen LogP contribution in [0.15, 0.2) is 64.2 Å². The molecule has 3 rings (SSSR count). The molecule has 3 aromatic rings. The molecular formula is C22H17BrClIN2O4. The third-order valence-corrected chi connectivity index (χ3v) is 5.79. The number of nitrogens with zero attached hydrogens (tertiary/aromatic N) is 1. The molecule has 160 valence electrons. The minimum absolute atomic E-state index is 0.113. The Kier molecular flexibility index (Phi) is 8.16. The topological polar surface area (TPSA) is 80.2 Å². The van der Waals surface area contributed by atoms with E-state index in [2.05, 4.69) is 49.0 Å². The van der Waals surface area contributed by atoms with Gasteiger partial charge in [-0.25, -0.2) is 5.43 Å². The van der Waals surface area contributed by atoms with Crippen molar-refractivity contribution in [3.63, 3.8) is 0 Å². The van der Waals surface area contributed by atoms with Crippen molar-refractivity contribution in [2.75, 3.05) is 7.11 Å². The van der Waals surface area contributed by atoms with Crippen molar-refractivity contribution in [1.29, 1.82) is 0 Å². The van der Waals surface area contributed by atoms with E-state index in [9.17, 15) is 9.90 Å². The first-order chi connectivity index (χ1) is 14.9. The largest absolute Gasteiger partial charge is 0.507 e. The Hall–Kier alpha value is -2.30. The summed E-state index contributed by atoms with van der Waals surface area (Å²) in [4.78, 5) is 12.2. The molecule has 0 aliphatic heterocycles. The Bertz CT molecular complexity index is 1140. The molecule has 9 heteroatoms. The number of nitrogens with one attached hydrogen (secondary N) is 1. The summed E-state index contributed by atoms with van der Waals surface area (Å²) in [6, 6.07) is 15.7. The van der Waals surface area contributed by atoms with Gasteiger partial charge in [0.2, 0.25) is 0 Å². The molecule has 0 unspecified atom stereocenters. The maximum absolute atomic E-state index is 12.2. The standard InChI is InChI=1S/C22H17BrClIN2O4/c1-30-20-9-13(11-26-27-22(29)16-10-15(25)6-7-19(16)28)8-17(23)21(20)31-12-14-4-2-3-5-18(14)24/h2-11,28H,12H2,1H3,(H,27,29). The molecule has 3 aromatic carbocycles. The van der Waals surface area contributed by atoms with Crippen molar-refractivity contribution in [1.82, 2.24) is 5.43 Å². The number of phenols is 1. The molecule has 0 spiro atoms. The van der Waals surface area contributed by atoms with Gasteiger partial charge in [-0.05, 0) is 80.5 Å². The summed E-state index contributed by atoms with van der Waals surface area (Å²) in [6.45, 7) is 0.275. The van der Waals surface area contributed by atoms with E-state index < -0.39 is 5.91 Å². The maximum atomic E-state index is 12.2. The second-order valence-corrected chi connectivity index (χ2v) is 8.78. The Morgan fingerprint density at radius 2 is 2.03 bits per heavy atom. The highest BCUT2D eigenvalue weighted by Gasteiger charge is 2.13. The van der Waals surface area contributed by atoms with Crippen LogP contribution in [-0.4, -0.2) is 24.3 Å². The van der Waals surface area contributed by atoms with Gasteiger partial charge in [-0.2, -0.15) is 5.10 Å². The first-order valence-electron chi connectivity index (χ1n) is 8.94. The van der Waals surface area contributed by atoms with Crippen LogP contribution in [0.1, 0.15) is 21.5 Å². The van der Waals surface area contributed by atoms with E-state index in [1.807, 2.05) is 18.2 Å². The zero-order valence-electron chi connectivity index (χ0n) is 16.2. The highest BCUT2D eigenvalue weighted by atomic mass is 127. The van der Waals surface area contributed by atoms with Gasteiger partial charge < -0.3 is 14.6 Å². The van der Waals surface area contributed by atoms with E-state index >= 15 is 0 Å². The smallest absolute Gasteiger partial charge is 0.275 e. The van der Waals surface area contributed by atoms with E-state index in [0.717, 1.165) is 9.13 Å². The number of carbonyl (C=O) groups excluding carboxylic acids is 1. The van der Waals surface area contributed by atoms with Crippen LogP contribution >= 0.6 is 50.1 Å². The highest BCUT2D eigenvalue weighted by molar-refractivity contribution is 14.1. The summed E-state index contributed by atoms with van der Waals surface area (Å²) in [5.41, 5.74) is 4.07. The third kappa shape index (κ3) is 6.11. The van der Waals surface area contributed by atoms with Crippen LogP contribution < -0.4 is 14.9 Å². The molecule has 0 fully saturated rings. The predicted molar refractivity (Wildman–Crippen MR) is 132 cm³/mol. The second kappa shape index (κ2) is 10.8. The zero-order chi connectivity index (χ0) is 22.4. The lowest BCUT2D eigenvalue weighted by Gasteiger charge is -2.14. The summed E-state index contributed by atoms with van der Waals surface area (Å²) in [7, 11) is 1.53. The fourth-order valence-electron chi connectivity index (χ4n) is 2.64. The molecule has 2 N–H and O–H groups in total. The Morgan fingerprint density at radius 3 is 2.77 bits per heavy atom. The average Bonchev–Trinajstić information content (AvgIpc) is 2.75. The molecule has 0 atom stereocenters. The number of benzene rings is 3. The first-order valence-corrected chi connectivity index (χ1v) is 11.2. The van der Waals surface area contributed by atoms with Gasteiger partial charge in [-0.1, -0.05) is 29.8 Å². The lowest BCUT2D eigenvalue weighted by atomic mass is 10.2. The van der Waals surface area contributed by atoms with Gasteiger partial charge in [0.05, 0.1) is 23.4 Å². The van der Waals surface area contributed by atoms with Crippen molar-refractivity contribution in [3.8, 4) is 17.2 Å². The molecular weight excluding hydrogens is 599 g/mol. The van der Waals surface area contributed by atoms with E-state index in [1.165, 1.54) is 19.4 Å². The molecule has 31 heavy (non-hydrogen) atoms. The summed E-state index contributed by atoms with van der Waals surface area (Å²) in [6.07, 6.45) is 1.47. The van der Waals surface area contributed by atoms with Gasteiger partial charge in [0, 0.05) is 14.2 Å². The summed E-state index contributed by atoms with van der Waals surface area (Å²) < 4.78 is 12.8. The number of hydrogen-bond acceptors (Lipinski definition) is 5. The number of amides is 1. The average molecular weight is 616 g/mol. The highest BCUT2D eigenvalue weighted by Crippen LogP contribution is 2.37. The number of carbonyl (C=O) groups is 1. The van der Waals surface area contributed by atoms with Crippen LogP contribution in [0.5, 0.6) is 17.2 Å². The monoisotopic (exact) mass is 614 g/mol. The molecule has 0 aromatic heterocycles. The van der Waals surface area contributed by atoms with Gasteiger partial charge in [0.15, 0.2) is 11.5 Å². The van der Waals surface area contributed by atoms with Crippen molar-refractivity contribution >= 4 is 62.2 Å². The van der Waals surface area contributed by atoms with Crippen molar-refractivity contribution in [2.24, 2.45) is 5.10 Å². The van der Waals surface area contributed by atoms with Crippen molar-refractivity contribution in [3.05, 3.63) is 84.4 Å². The second-order valence-electron chi connectivity index (χ2n) is 6.27. The molecule has 0 saturated carbocycles. The van der Waals surface area contributed by atoms with E-state index in [4.69, 9.17) is 21.1 Å². The van der Waals surface area contributed by atoms with Gasteiger partial charge in [-0.3, -0.25) is 4.79 Å².